The maximum atomic E-state index is 13.1. The highest BCUT2D eigenvalue weighted by atomic mass is 19.1. The van der Waals surface area contributed by atoms with Crippen LogP contribution >= 0.6 is 0 Å². The second kappa shape index (κ2) is 5.48. The third-order valence-corrected chi connectivity index (χ3v) is 3.07. The van der Waals surface area contributed by atoms with E-state index in [4.69, 9.17) is 9.47 Å². The van der Waals surface area contributed by atoms with Crippen molar-refractivity contribution in [3.8, 4) is 5.75 Å². The predicted octanol–water partition coefficient (Wildman–Crippen LogP) is 2.97. The first-order valence-electron chi connectivity index (χ1n) is 6.15. The van der Waals surface area contributed by atoms with E-state index in [2.05, 4.69) is 0 Å². The molecule has 0 aliphatic carbocycles. The van der Waals surface area contributed by atoms with Crippen LogP contribution in [0.4, 0.5) is 4.39 Å². The van der Waals surface area contributed by atoms with Gasteiger partial charge in [-0.2, -0.15) is 0 Å². The minimum absolute atomic E-state index is 0.0601. The maximum absolute atomic E-state index is 13.1. The molecule has 0 bridgehead atoms. The van der Waals surface area contributed by atoms with E-state index in [0.717, 1.165) is 12.8 Å². The number of ether oxygens (including phenoxy) is 2. The van der Waals surface area contributed by atoms with E-state index in [1.807, 2.05) is 6.92 Å². The summed E-state index contributed by atoms with van der Waals surface area (Å²) < 4.78 is 24.3. The minimum atomic E-state index is -0.432. The van der Waals surface area contributed by atoms with Crippen LogP contribution in [0.15, 0.2) is 18.2 Å². The number of hydrogen-bond donors (Lipinski definition) is 0. The van der Waals surface area contributed by atoms with Crippen LogP contribution in [0.5, 0.6) is 5.75 Å². The number of ketones is 1. The monoisotopic (exact) mass is 252 g/mol. The highest BCUT2D eigenvalue weighted by Gasteiger charge is 2.22. The van der Waals surface area contributed by atoms with Gasteiger partial charge in [-0.3, -0.25) is 4.79 Å². The van der Waals surface area contributed by atoms with Gasteiger partial charge in [-0.25, -0.2) is 4.39 Å². The molecule has 0 radical (unpaired) electrons. The third kappa shape index (κ3) is 3.07. The van der Waals surface area contributed by atoms with Gasteiger partial charge in [-0.15, -0.1) is 0 Å². The van der Waals surface area contributed by atoms with Gasteiger partial charge >= 0.3 is 0 Å². The second-order valence-electron chi connectivity index (χ2n) is 4.65. The smallest absolute Gasteiger partial charge is 0.163 e. The van der Waals surface area contributed by atoms with Crippen molar-refractivity contribution < 1.29 is 18.7 Å². The molecule has 0 amide bonds. The standard InChI is InChI=1S/C14H17FO3/c1-9-3-5-12(18-9)8-17-14-6-4-11(15)7-13(14)10(2)16/h4,6-7,9,12H,3,5,8H2,1-2H3. The van der Waals surface area contributed by atoms with Crippen LogP contribution in [0.3, 0.4) is 0 Å². The Balaban J connectivity index is 2.02. The molecular formula is C14H17FO3. The predicted molar refractivity (Wildman–Crippen MR) is 65.5 cm³/mol. The zero-order chi connectivity index (χ0) is 13.1. The number of carbonyl (C=O) groups is 1. The van der Waals surface area contributed by atoms with E-state index in [1.54, 1.807) is 0 Å². The zero-order valence-electron chi connectivity index (χ0n) is 10.6. The lowest BCUT2D eigenvalue weighted by molar-refractivity contribution is 0.0262. The fourth-order valence-electron chi connectivity index (χ4n) is 2.09. The molecule has 1 aliphatic rings. The lowest BCUT2D eigenvalue weighted by Crippen LogP contribution is -2.18. The van der Waals surface area contributed by atoms with Crippen molar-refractivity contribution in [3.05, 3.63) is 29.6 Å². The summed E-state index contributed by atoms with van der Waals surface area (Å²) in [5.74, 6) is -0.212. The first-order valence-corrected chi connectivity index (χ1v) is 6.15. The van der Waals surface area contributed by atoms with Crippen molar-refractivity contribution in [2.24, 2.45) is 0 Å². The van der Waals surface area contributed by atoms with Crippen LogP contribution in [0.1, 0.15) is 37.0 Å². The molecule has 0 saturated carbocycles. The Hall–Kier alpha value is -1.42. The molecule has 1 fully saturated rings. The van der Waals surface area contributed by atoms with Crippen molar-refractivity contribution in [2.75, 3.05) is 6.61 Å². The van der Waals surface area contributed by atoms with Crippen LogP contribution in [-0.4, -0.2) is 24.6 Å². The van der Waals surface area contributed by atoms with Crippen molar-refractivity contribution in [1.29, 1.82) is 0 Å². The first kappa shape index (κ1) is 13.0. The third-order valence-electron chi connectivity index (χ3n) is 3.07. The number of hydrogen-bond acceptors (Lipinski definition) is 3. The molecule has 2 unspecified atom stereocenters. The normalized spacial score (nSPS) is 23.1. The Morgan fingerprint density at radius 3 is 2.89 bits per heavy atom. The zero-order valence-corrected chi connectivity index (χ0v) is 10.6. The van der Waals surface area contributed by atoms with Crippen molar-refractivity contribution in [1.82, 2.24) is 0 Å². The van der Waals surface area contributed by atoms with Gasteiger partial charge in [0.15, 0.2) is 5.78 Å². The topological polar surface area (TPSA) is 35.5 Å². The van der Waals surface area contributed by atoms with Gasteiger partial charge in [-0.05, 0) is 44.9 Å². The molecule has 1 saturated heterocycles. The molecule has 2 rings (SSSR count). The van der Waals surface area contributed by atoms with Gasteiger partial charge in [0.1, 0.15) is 18.2 Å². The minimum Gasteiger partial charge on any atom is -0.490 e. The summed E-state index contributed by atoms with van der Waals surface area (Å²) in [5, 5.41) is 0. The molecule has 3 nitrogen and oxygen atoms in total. The Bertz CT molecular complexity index is 445. The van der Waals surface area contributed by atoms with E-state index in [-0.39, 0.29) is 23.6 Å². The van der Waals surface area contributed by atoms with Crippen LogP contribution in [-0.2, 0) is 4.74 Å². The van der Waals surface area contributed by atoms with Crippen LogP contribution in [0, 0.1) is 5.82 Å². The van der Waals surface area contributed by atoms with E-state index in [9.17, 15) is 9.18 Å². The quantitative estimate of drug-likeness (QED) is 0.773. The second-order valence-corrected chi connectivity index (χ2v) is 4.65. The Morgan fingerprint density at radius 2 is 2.28 bits per heavy atom. The van der Waals surface area contributed by atoms with Crippen molar-refractivity contribution >= 4 is 5.78 Å². The molecule has 1 aromatic rings. The van der Waals surface area contributed by atoms with Gasteiger partial charge in [0, 0.05) is 0 Å². The summed E-state index contributed by atoms with van der Waals surface area (Å²) in [5.41, 5.74) is 0.279. The Labute approximate surface area is 106 Å². The van der Waals surface area contributed by atoms with Gasteiger partial charge in [0.25, 0.3) is 0 Å². The fraction of sp³-hybridized carbons (Fsp3) is 0.500. The van der Waals surface area contributed by atoms with E-state index >= 15 is 0 Å². The largest absolute Gasteiger partial charge is 0.490 e. The number of rotatable bonds is 4. The Kier molecular flexibility index (Phi) is 3.97. The molecule has 1 aromatic carbocycles. The fourth-order valence-corrected chi connectivity index (χ4v) is 2.09. The molecule has 98 valence electrons. The number of carbonyl (C=O) groups excluding carboxylic acids is 1. The molecule has 2 atom stereocenters. The highest BCUT2D eigenvalue weighted by molar-refractivity contribution is 5.96. The van der Waals surface area contributed by atoms with Crippen LogP contribution < -0.4 is 4.74 Å². The Morgan fingerprint density at radius 1 is 1.50 bits per heavy atom. The average molecular weight is 252 g/mol. The lowest BCUT2D eigenvalue weighted by Gasteiger charge is -2.14. The maximum Gasteiger partial charge on any atom is 0.163 e. The van der Waals surface area contributed by atoms with Gasteiger partial charge in [-0.1, -0.05) is 0 Å². The van der Waals surface area contributed by atoms with Crippen LogP contribution in [0.25, 0.3) is 0 Å². The molecule has 18 heavy (non-hydrogen) atoms. The lowest BCUT2D eigenvalue weighted by atomic mass is 10.1. The van der Waals surface area contributed by atoms with Gasteiger partial charge in [0.2, 0.25) is 0 Å². The van der Waals surface area contributed by atoms with E-state index < -0.39 is 5.82 Å². The highest BCUT2D eigenvalue weighted by Crippen LogP contribution is 2.23. The molecule has 4 heteroatoms. The first-order chi connectivity index (χ1) is 8.56. The average Bonchev–Trinajstić information content (AvgIpc) is 2.73. The molecule has 0 spiro atoms. The van der Waals surface area contributed by atoms with E-state index in [1.165, 1.54) is 25.1 Å². The summed E-state index contributed by atoms with van der Waals surface area (Å²) in [6, 6.07) is 3.99. The molecule has 1 aliphatic heterocycles. The number of halogens is 1. The number of Topliss-reactive ketones (excluding diaryl/α,β-unsaturated/α-hetero) is 1. The SMILES string of the molecule is CC(=O)c1cc(F)ccc1OCC1CCC(C)O1. The van der Waals surface area contributed by atoms with Gasteiger partial charge < -0.3 is 9.47 Å². The van der Waals surface area contributed by atoms with Crippen molar-refractivity contribution in [2.45, 2.75) is 38.9 Å². The summed E-state index contributed by atoms with van der Waals surface area (Å²) >= 11 is 0. The van der Waals surface area contributed by atoms with Crippen LogP contribution in [0.2, 0.25) is 0 Å². The molecular weight excluding hydrogens is 235 g/mol. The summed E-state index contributed by atoms with van der Waals surface area (Å²) in [7, 11) is 0. The van der Waals surface area contributed by atoms with E-state index in [0.29, 0.717) is 12.4 Å². The number of benzene rings is 1. The molecule has 0 aromatic heterocycles. The molecule has 0 N–H and O–H groups in total. The summed E-state index contributed by atoms with van der Waals surface area (Å²) in [6.07, 6.45) is 2.30. The summed E-state index contributed by atoms with van der Waals surface area (Å²) in [4.78, 5) is 11.4. The molecule has 1 heterocycles. The van der Waals surface area contributed by atoms with Crippen molar-refractivity contribution in [3.63, 3.8) is 0 Å². The summed E-state index contributed by atoms with van der Waals surface area (Å²) in [6.45, 7) is 3.82. The van der Waals surface area contributed by atoms with Gasteiger partial charge in [0.05, 0.1) is 17.8 Å².